The maximum Gasteiger partial charge on any atom is 0.226 e. The highest BCUT2D eigenvalue weighted by Gasteiger charge is 2.05. The number of anilines is 1. The van der Waals surface area contributed by atoms with Gasteiger partial charge in [-0.3, -0.25) is 0 Å². The molecule has 1 heterocycles. The molecule has 1 aromatic heterocycles. The van der Waals surface area contributed by atoms with E-state index in [9.17, 15) is 0 Å². The van der Waals surface area contributed by atoms with E-state index in [1.807, 2.05) is 43.3 Å². The number of para-hydroxylation sites is 1. The maximum atomic E-state index is 6.03. The van der Waals surface area contributed by atoms with E-state index in [1.54, 1.807) is 0 Å². The van der Waals surface area contributed by atoms with Crippen molar-refractivity contribution >= 4 is 28.5 Å². The predicted molar refractivity (Wildman–Crippen MR) is 58.9 cm³/mol. The van der Waals surface area contributed by atoms with Gasteiger partial charge in [0.25, 0.3) is 0 Å². The van der Waals surface area contributed by atoms with E-state index in [0.29, 0.717) is 11.1 Å². The quantitative estimate of drug-likeness (QED) is 0.673. The molecular formula is C10H10ClN3. The standard InChI is InChI=1S/C10H10ClN3/c1-14(2)10-12-8-6-4-3-5-7(8)9(11)13-10/h3-6H,1-2H3. The highest BCUT2D eigenvalue weighted by Crippen LogP contribution is 2.21. The van der Waals surface area contributed by atoms with Crippen LogP contribution < -0.4 is 4.90 Å². The summed E-state index contributed by atoms with van der Waals surface area (Å²) in [4.78, 5) is 10.4. The van der Waals surface area contributed by atoms with Gasteiger partial charge in [0, 0.05) is 19.5 Å². The molecule has 2 aromatic rings. The first-order valence-corrected chi connectivity index (χ1v) is 4.66. The molecule has 3 nitrogen and oxygen atoms in total. The molecule has 0 unspecified atom stereocenters. The van der Waals surface area contributed by atoms with E-state index in [-0.39, 0.29) is 0 Å². The summed E-state index contributed by atoms with van der Waals surface area (Å²) in [5, 5.41) is 1.39. The molecule has 4 heteroatoms. The van der Waals surface area contributed by atoms with Crippen LogP contribution in [0.1, 0.15) is 0 Å². The number of fused-ring (bicyclic) bond motifs is 1. The van der Waals surface area contributed by atoms with Gasteiger partial charge < -0.3 is 4.90 Å². The highest BCUT2D eigenvalue weighted by atomic mass is 35.5. The molecule has 0 spiro atoms. The molecule has 72 valence electrons. The smallest absolute Gasteiger partial charge is 0.226 e. The third kappa shape index (κ3) is 1.51. The summed E-state index contributed by atoms with van der Waals surface area (Å²) in [6, 6.07) is 7.70. The first-order chi connectivity index (χ1) is 6.68. The molecule has 0 radical (unpaired) electrons. The molecular weight excluding hydrogens is 198 g/mol. The van der Waals surface area contributed by atoms with Crippen LogP contribution >= 0.6 is 11.6 Å². The first-order valence-electron chi connectivity index (χ1n) is 4.28. The van der Waals surface area contributed by atoms with Gasteiger partial charge in [0.1, 0.15) is 5.15 Å². The zero-order chi connectivity index (χ0) is 10.1. The number of rotatable bonds is 1. The lowest BCUT2D eigenvalue weighted by atomic mass is 10.2. The Kier molecular flexibility index (Phi) is 2.25. The molecule has 0 aliphatic rings. The van der Waals surface area contributed by atoms with Gasteiger partial charge in [0.05, 0.1) is 5.52 Å². The summed E-state index contributed by atoms with van der Waals surface area (Å²) in [6.45, 7) is 0. The monoisotopic (exact) mass is 207 g/mol. The van der Waals surface area contributed by atoms with E-state index >= 15 is 0 Å². The van der Waals surface area contributed by atoms with Crippen LogP contribution in [-0.2, 0) is 0 Å². The van der Waals surface area contributed by atoms with E-state index < -0.39 is 0 Å². The van der Waals surface area contributed by atoms with E-state index in [4.69, 9.17) is 11.6 Å². The minimum atomic E-state index is 0.499. The fourth-order valence-electron chi connectivity index (χ4n) is 1.23. The third-order valence-corrected chi connectivity index (χ3v) is 2.23. The zero-order valence-corrected chi connectivity index (χ0v) is 8.78. The van der Waals surface area contributed by atoms with Gasteiger partial charge in [0.2, 0.25) is 5.95 Å². The van der Waals surface area contributed by atoms with Crippen molar-refractivity contribution in [2.75, 3.05) is 19.0 Å². The fourth-order valence-corrected chi connectivity index (χ4v) is 1.46. The molecule has 0 aliphatic heterocycles. The number of hydrogen-bond donors (Lipinski definition) is 0. The summed E-state index contributed by atoms with van der Waals surface area (Å²) < 4.78 is 0. The number of benzene rings is 1. The van der Waals surface area contributed by atoms with Gasteiger partial charge in [-0.15, -0.1) is 0 Å². The van der Waals surface area contributed by atoms with Gasteiger partial charge in [-0.2, -0.15) is 0 Å². The molecule has 14 heavy (non-hydrogen) atoms. The van der Waals surface area contributed by atoms with Crippen LogP contribution in [0.25, 0.3) is 10.9 Å². The van der Waals surface area contributed by atoms with Crippen molar-refractivity contribution in [3.63, 3.8) is 0 Å². The van der Waals surface area contributed by atoms with Gasteiger partial charge in [-0.1, -0.05) is 23.7 Å². The lowest BCUT2D eigenvalue weighted by Crippen LogP contribution is -2.12. The normalized spacial score (nSPS) is 10.5. The highest BCUT2D eigenvalue weighted by molar-refractivity contribution is 6.34. The molecule has 0 saturated heterocycles. The second-order valence-corrected chi connectivity index (χ2v) is 3.58. The predicted octanol–water partition coefficient (Wildman–Crippen LogP) is 2.35. The van der Waals surface area contributed by atoms with Crippen LogP contribution in [0, 0.1) is 0 Å². The van der Waals surface area contributed by atoms with Crippen molar-refractivity contribution < 1.29 is 0 Å². The summed E-state index contributed by atoms with van der Waals surface area (Å²) in [6.07, 6.45) is 0. The van der Waals surface area contributed by atoms with Crippen LogP contribution in [0.5, 0.6) is 0 Å². The topological polar surface area (TPSA) is 29.0 Å². The minimum Gasteiger partial charge on any atom is -0.347 e. The largest absolute Gasteiger partial charge is 0.347 e. The lowest BCUT2D eigenvalue weighted by molar-refractivity contribution is 1.02. The Morgan fingerprint density at radius 2 is 1.86 bits per heavy atom. The van der Waals surface area contributed by atoms with E-state index in [2.05, 4.69) is 9.97 Å². The Bertz CT molecular complexity index is 468. The Balaban J connectivity index is 2.72. The molecule has 0 fully saturated rings. The summed E-state index contributed by atoms with van der Waals surface area (Å²) in [5.74, 6) is 0.633. The second kappa shape index (κ2) is 3.42. The first kappa shape index (κ1) is 9.21. The molecule has 0 saturated carbocycles. The molecule has 2 rings (SSSR count). The molecule has 0 N–H and O–H groups in total. The zero-order valence-electron chi connectivity index (χ0n) is 8.03. The summed E-state index contributed by atoms with van der Waals surface area (Å²) in [7, 11) is 3.78. The van der Waals surface area contributed by atoms with Gasteiger partial charge in [0.15, 0.2) is 0 Å². The van der Waals surface area contributed by atoms with Crippen LogP contribution in [0.3, 0.4) is 0 Å². The molecule has 0 bridgehead atoms. The van der Waals surface area contributed by atoms with Crippen molar-refractivity contribution in [2.45, 2.75) is 0 Å². The van der Waals surface area contributed by atoms with E-state index in [1.165, 1.54) is 0 Å². The summed E-state index contributed by atoms with van der Waals surface area (Å²) >= 11 is 6.03. The Hall–Kier alpha value is -1.35. The number of nitrogens with zero attached hydrogens (tertiary/aromatic N) is 3. The SMILES string of the molecule is CN(C)c1nc(Cl)c2ccccc2n1. The number of hydrogen-bond acceptors (Lipinski definition) is 3. The molecule has 0 amide bonds. The molecule has 1 aromatic carbocycles. The van der Waals surface area contributed by atoms with E-state index in [0.717, 1.165) is 10.9 Å². The molecule has 0 atom stereocenters. The Labute approximate surface area is 87.3 Å². The van der Waals surface area contributed by atoms with Gasteiger partial charge in [-0.05, 0) is 12.1 Å². The van der Waals surface area contributed by atoms with Crippen LogP contribution in [0.15, 0.2) is 24.3 Å². The fraction of sp³-hybridized carbons (Fsp3) is 0.200. The van der Waals surface area contributed by atoms with Crippen molar-refractivity contribution in [3.8, 4) is 0 Å². The van der Waals surface area contributed by atoms with Crippen molar-refractivity contribution in [2.24, 2.45) is 0 Å². The average molecular weight is 208 g/mol. The van der Waals surface area contributed by atoms with Crippen LogP contribution in [0.4, 0.5) is 5.95 Å². The van der Waals surface area contributed by atoms with Crippen molar-refractivity contribution in [1.29, 1.82) is 0 Å². The molecule has 0 aliphatic carbocycles. The Morgan fingerprint density at radius 1 is 1.14 bits per heavy atom. The minimum absolute atomic E-state index is 0.499. The van der Waals surface area contributed by atoms with Gasteiger partial charge >= 0.3 is 0 Å². The average Bonchev–Trinajstić information content (AvgIpc) is 2.17. The van der Waals surface area contributed by atoms with Gasteiger partial charge in [-0.25, -0.2) is 9.97 Å². The van der Waals surface area contributed by atoms with Crippen LogP contribution in [-0.4, -0.2) is 24.1 Å². The lowest BCUT2D eigenvalue weighted by Gasteiger charge is -2.10. The maximum absolute atomic E-state index is 6.03. The second-order valence-electron chi connectivity index (χ2n) is 3.23. The van der Waals surface area contributed by atoms with Crippen molar-refractivity contribution in [3.05, 3.63) is 29.4 Å². The van der Waals surface area contributed by atoms with Crippen molar-refractivity contribution in [1.82, 2.24) is 9.97 Å². The Morgan fingerprint density at radius 3 is 2.57 bits per heavy atom. The summed E-state index contributed by atoms with van der Waals surface area (Å²) in [5.41, 5.74) is 0.871. The van der Waals surface area contributed by atoms with Crippen LogP contribution in [0.2, 0.25) is 5.15 Å². The number of aromatic nitrogens is 2. The third-order valence-electron chi connectivity index (χ3n) is 1.94. The number of halogens is 1.